The van der Waals surface area contributed by atoms with E-state index in [0.29, 0.717) is 0 Å². The average Bonchev–Trinajstić information content (AvgIpc) is 2.57. The summed E-state index contributed by atoms with van der Waals surface area (Å²) in [7, 11) is 2.03. The first-order chi connectivity index (χ1) is 10.8. The highest BCUT2D eigenvalue weighted by molar-refractivity contribution is 5.35. The normalized spacial score (nSPS) is 19.0. The van der Waals surface area contributed by atoms with Crippen molar-refractivity contribution in [3.8, 4) is 0 Å². The summed E-state index contributed by atoms with van der Waals surface area (Å²) in [4.78, 5) is 4.55. The lowest BCUT2D eigenvalue weighted by atomic mass is 10.2. The van der Waals surface area contributed by atoms with E-state index in [1.807, 2.05) is 19.2 Å². The van der Waals surface area contributed by atoms with Crippen LogP contribution in [0.1, 0.15) is 5.56 Å². The van der Waals surface area contributed by atoms with Crippen LogP contribution in [0.4, 0.5) is 5.82 Å². The molecule has 0 unspecified atom stereocenters. The van der Waals surface area contributed by atoms with E-state index in [4.69, 9.17) is 4.74 Å². The Labute approximate surface area is 131 Å². The molecular formula is C17H22N4O. The van der Waals surface area contributed by atoms with Crippen LogP contribution in [0.15, 0.2) is 48.7 Å². The molecule has 0 saturated carbocycles. The second-order valence-corrected chi connectivity index (χ2v) is 5.68. The first-order valence-corrected chi connectivity index (χ1v) is 7.68. The molecule has 0 N–H and O–H groups in total. The van der Waals surface area contributed by atoms with Crippen LogP contribution in [0.2, 0.25) is 0 Å². The molecule has 0 bridgehead atoms. The van der Waals surface area contributed by atoms with Gasteiger partial charge in [0.05, 0.1) is 12.7 Å². The zero-order chi connectivity index (χ0) is 15.2. The Morgan fingerprint density at radius 2 is 2.09 bits per heavy atom. The molecule has 3 rings (SSSR count). The van der Waals surface area contributed by atoms with Gasteiger partial charge in [0, 0.05) is 39.4 Å². The molecule has 1 aromatic heterocycles. The van der Waals surface area contributed by atoms with Crippen molar-refractivity contribution in [2.45, 2.75) is 12.6 Å². The van der Waals surface area contributed by atoms with Crippen molar-refractivity contribution in [1.29, 1.82) is 0 Å². The number of morpholine rings is 1. The number of hydrogen-bond donors (Lipinski definition) is 0. The summed E-state index contributed by atoms with van der Waals surface area (Å²) in [6.45, 7) is 4.52. The topological polar surface area (TPSA) is 41.5 Å². The smallest absolute Gasteiger partial charge is 0.151 e. The number of anilines is 1. The summed E-state index contributed by atoms with van der Waals surface area (Å²) < 4.78 is 5.91. The number of ether oxygens (including phenoxy) is 1. The largest absolute Gasteiger partial charge is 0.374 e. The van der Waals surface area contributed by atoms with Gasteiger partial charge in [0.1, 0.15) is 0 Å². The number of aromatic nitrogens is 2. The lowest BCUT2D eigenvalue weighted by molar-refractivity contribution is -0.0264. The molecule has 0 aliphatic carbocycles. The number of rotatable bonds is 5. The third-order valence-corrected chi connectivity index (χ3v) is 3.90. The van der Waals surface area contributed by atoms with E-state index in [-0.39, 0.29) is 6.10 Å². The van der Waals surface area contributed by atoms with Crippen molar-refractivity contribution in [2.24, 2.45) is 0 Å². The molecule has 0 amide bonds. The second-order valence-electron chi connectivity index (χ2n) is 5.68. The Morgan fingerprint density at radius 1 is 1.23 bits per heavy atom. The van der Waals surface area contributed by atoms with Crippen LogP contribution < -0.4 is 4.90 Å². The first kappa shape index (κ1) is 14.9. The summed E-state index contributed by atoms with van der Waals surface area (Å²) >= 11 is 0. The number of benzene rings is 1. The lowest BCUT2D eigenvalue weighted by Crippen LogP contribution is -2.46. The second kappa shape index (κ2) is 7.33. The maximum absolute atomic E-state index is 5.91. The molecule has 2 heterocycles. The fourth-order valence-corrected chi connectivity index (χ4v) is 2.77. The Hall–Kier alpha value is -1.98. The SMILES string of the molecule is CN(C[C@@H]1CN(Cc2ccccc2)CCO1)c1cccnn1. The highest BCUT2D eigenvalue weighted by Gasteiger charge is 2.22. The predicted octanol–water partition coefficient (Wildman–Crippen LogP) is 1.81. The van der Waals surface area contributed by atoms with E-state index in [1.54, 1.807) is 6.20 Å². The summed E-state index contributed by atoms with van der Waals surface area (Å²) in [5.41, 5.74) is 1.35. The van der Waals surface area contributed by atoms with E-state index in [1.165, 1.54) is 5.56 Å². The number of hydrogen-bond acceptors (Lipinski definition) is 5. The van der Waals surface area contributed by atoms with Crippen molar-refractivity contribution in [1.82, 2.24) is 15.1 Å². The van der Waals surface area contributed by atoms with Crippen LogP contribution in [-0.2, 0) is 11.3 Å². The van der Waals surface area contributed by atoms with E-state index in [0.717, 1.165) is 38.6 Å². The van der Waals surface area contributed by atoms with E-state index in [2.05, 4.69) is 50.3 Å². The third kappa shape index (κ3) is 4.02. The standard InChI is InChI=1S/C17H22N4O/c1-20(17-8-5-9-18-19-17)13-16-14-21(10-11-22-16)12-15-6-3-2-4-7-15/h2-9,16H,10-14H2,1H3/t16-/m1/s1. The van der Waals surface area contributed by atoms with Crippen molar-refractivity contribution >= 4 is 5.82 Å². The summed E-state index contributed by atoms with van der Waals surface area (Å²) in [6, 6.07) is 14.5. The quantitative estimate of drug-likeness (QED) is 0.842. The molecule has 2 aromatic rings. The highest BCUT2D eigenvalue weighted by Crippen LogP contribution is 2.13. The molecule has 116 valence electrons. The van der Waals surface area contributed by atoms with Crippen LogP contribution in [0, 0.1) is 0 Å². The molecule has 1 atom stereocenters. The Balaban J connectivity index is 1.54. The molecule has 22 heavy (non-hydrogen) atoms. The van der Waals surface area contributed by atoms with Gasteiger partial charge < -0.3 is 9.64 Å². The van der Waals surface area contributed by atoms with Gasteiger partial charge in [-0.05, 0) is 17.7 Å². The zero-order valence-corrected chi connectivity index (χ0v) is 12.9. The van der Waals surface area contributed by atoms with Gasteiger partial charge >= 0.3 is 0 Å². The highest BCUT2D eigenvalue weighted by atomic mass is 16.5. The van der Waals surface area contributed by atoms with Gasteiger partial charge in [0.25, 0.3) is 0 Å². The molecule has 1 aliphatic heterocycles. The van der Waals surface area contributed by atoms with Crippen LogP contribution in [0.3, 0.4) is 0 Å². The van der Waals surface area contributed by atoms with Crippen molar-refractivity contribution in [2.75, 3.05) is 38.2 Å². The fourth-order valence-electron chi connectivity index (χ4n) is 2.77. The molecule has 1 saturated heterocycles. The molecule has 5 nitrogen and oxygen atoms in total. The van der Waals surface area contributed by atoms with Gasteiger partial charge in [-0.2, -0.15) is 5.10 Å². The summed E-state index contributed by atoms with van der Waals surface area (Å²) in [6.07, 6.45) is 1.89. The van der Waals surface area contributed by atoms with Gasteiger partial charge in [-0.25, -0.2) is 0 Å². The average molecular weight is 298 g/mol. The van der Waals surface area contributed by atoms with Gasteiger partial charge in [0.2, 0.25) is 0 Å². The van der Waals surface area contributed by atoms with Gasteiger partial charge in [-0.3, -0.25) is 4.90 Å². The first-order valence-electron chi connectivity index (χ1n) is 7.68. The van der Waals surface area contributed by atoms with Crippen molar-refractivity contribution in [3.63, 3.8) is 0 Å². The summed E-state index contributed by atoms with van der Waals surface area (Å²) in [5, 5.41) is 8.06. The maximum atomic E-state index is 5.91. The zero-order valence-electron chi connectivity index (χ0n) is 12.9. The molecule has 1 fully saturated rings. The molecule has 1 aliphatic rings. The Morgan fingerprint density at radius 3 is 2.86 bits per heavy atom. The van der Waals surface area contributed by atoms with E-state index < -0.39 is 0 Å². The van der Waals surface area contributed by atoms with Gasteiger partial charge in [-0.15, -0.1) is 5.10 Å². The molecule has 0 spiro atoms. The van der Waals surface area contributed by atoms with Crippen molar-refractivity contribution in [3.05, 3.63) is 54.2 Å². The number of nitrogens with zero attached hydrogens (tertiary/aromatic N) is 4. The molecule has 1 aromatic carbocycles. The van der Waals surface area contributed by atoms with E-state index >= 15 is 0 Å². The lowest BCUT2D eigenvalue weighted by Gasteiger charge is -2.35. The summed E-state index contributed by atoms with van der Waals surface area (Å²) in [5.74, 6) is 0.881. The minimum absolute atomic E-state index is 0.199. The number of likely N-dealkylation sites (N-methyl/N-ethyl adjacent to an activating group) is 1. The van der Waals surface area contributed by atoms with Crippen LogP contribution >= 0.6 is 0 Å². The minimum Gasteiger partial charge on any atom is -0.374 e. The van der Waals surface area contributed by atoms with Crippen molar-refractivity contribution < 1.29 is 4.74 Å². The fraction of sp³-hybridized carbons (Fsp3) is 0.412. The molecule has 5 heteroatoms. The van der Waals surface area contributed by atoms with E-state index in [9.17, 15) is 0 Å². The van der Waals surface area contributed by atoms with Crippen LogP contribution in [0.25, 0.3) is 0 Å². The monoisotopic (exact) mass is 298 g/mol. The molecular weight excluding hydrogens is 276 g/mol. The minimum atomic E-state index is 0.199. The Bertz CT molecular complexity index is 563. The maximum Gasteiger partial charge on any atom is 0.151 e. The molecule has 0 radical (unpaired) electrons. The predicted molar refractivity (Wildman–Crippen MR) is 86.8 cm³/mol. The van der Waals surface area contributed by atoms with Gasteiger partial charge in [-0.1, -0.05) is 30.3 Å². The Kier molecular flexibility index (Phi) is 4.98. The van der Waals surface area contributed by atoms with Crippen LogP contribution in [0.5, 0.6) is 0 Å². The third-order valence-electron chi connectivity index (χ3n) is 3.90. The van der Waals surface area contributed by atoms with Gasteiger partial charge in [0.15, 0.2) is 5.82 Å². The van der Waals surface area contributed by atoms with Crippen LogP contribution in [-0.4, -0.2) is 54.5 Å².